The molecule has 11 heteroatoms. The summed E-state index contributed by atoms with van der Waals surface area (Å²) < 4.78 is 28.0. The van der Waals surface area contributed by atoms with Gasteiger partial charge in [0.05, 0.1) is 12.8 Å². The number of carbonyl (C=O) groups is 3. The second kappa shape index (κ2) is 14.0. The molecule has 5 rings (SSSR count). The summed E-state index contributed by atoms with van der Waals surface area (Å²) in [6.07, 6.45) is 2.04. The molecule has 0 unspecified atom stereocenters. The SMILES string of the molecule is COc1cc2ccc1Oc1cccc(F)c1CNC(=O)CCCN(C(=O)CCc1c(C)nn(C)c1C)CCCNC2=O. The predicted octanol–water partition coefficient (Wildman–Crippen LogP) is 3.97. The number of rotatable bonds is 4. The van der Waals surface area contributed by atoms with Crippen molar-refractivity contribution in [1.82, 2.24) is 25.3 Å². The molecule has 3 heterocycles. The Hall–Kier alpha value is -4.41. The van der Waals surface area contributed by atoms with Crippen LogP contribution in [0.3, 0.4) is 0 Å². The summed E-state index contributed by atoms with van der Waals surface area (Å²) in [6.45, 7) is 5.02. The number of nitrogens with zero attached hydrogens (tertiary/aromatic N) is 3. The Morgan fingerprint density at radius 3 is 2.62 bits per heavy atom. The maximum absolute atomic E-state index is 14.8. The van der Waals surface area contributed by atoms with Gasteiger partial charge in [-0.2, -0.15) is 5.10 Å². The minimum absolute atomic E-state index is 0.0243. The van der Waals surface area contributed by atoms with Gasteiger partial charge >= 0.3 is 0 Å². The van der Waals surface area contributed by atoms with Crippen LogP contribution in [-0.2, 0) is 29.6 Å². The van der Waals surface area contributed by atoms with Gasteiger partial charge in [0.15, 0.2) is 11.5 Å². The van der Waals surface area contributed by atoms with Gasteiger partial charge in [0.2, 0.25) is 11.8 Å². The number of benzene rings is 2. The molecular formula is C31H38FN5O5. The quantitative estimate of drug-likeness (QED) is 0.484. The number of aryl methyl sites for hydroxylation is 2. The molecule has 0 atom stereocenters. The van der Waals surface area contributed by atoms with Crippen molar-refractivity contribution >= 4 is 17.7 Å². The minimum atomic E-state index is -0.524. The number of fused-ring (bicyclic) bond motifs is 13. The highest BCUT2D eigenvalue weighted by molar-refractivity contribution is 5.94. The standard InChI is InChI=1S/C31H38FN5O5/c1-20-23(21(2)36(3)35-20)12-14-30(39)37-16-6-10-29(38)34-19-24-25(32)8-5-9-26(24)42-27-13-11-22(18-28(27)41-4)31(40)33-15-7-17-37/h5,8-9,11,13,18H,6-7,10,12,14-17,19H2,1-4H3,(H,33,40)(H,34,38). The summed E-state index contributed by atoms with van der Waals surface area (Å²) in [7, 11) is 3.34. The van der Waals surface area contributed by atoms with E-state index in [1.165, 1.54) is 19.2 Å². The first-order chi connectivity index (χ1) is 20.2. The third kappa shape index (κ3) is 7.45. The maximum atomic E-state index is 14.8. The Labute approximate surface area is 245 Å². The highest BCUT2D eigenvalue weighted by Gasteiger charge is 2.19. The summed E-state index contributed by atoms with van der Waals surface area (Å²) in [6, 6.07) is 9.15. The number of hydrogen-bond acceptors (Lipinski definition) is 6. The van der Waals surface area contributed by atoms with Crippen molar-refractivity contribution in [1.29, 1.82) is 0 Å². The Morgan fingerprint density at radius 2 is 1.88 bits per heavy atom. The van der Waals surface area contributed by atoms with Crippen LogP contribution < -0.4 is 20.1 Å². The second-order valence-corrected chi connectivity index (χ2v) is 10.3. The predicted molar refractivity (Wildman–Crippen MR) is 155 cm³/mol. The van der Waals surface area contributed by atoms with E-state index in [1.807, 2.05) is 25.6 Å². The molecule has 2 aliphatic heterocycles. The fourth-order valence-electron chi connectivity index (χ4n) is 5.03. The second-order valence-electron chi connectivity index (χ2n) is 10.3. The van der Waals surface area contributed by atoms with E-state index >= 15 is 0 Å². The number of methoxy groups -OCH3 is 1. The van der Waals surface area contributed by atoms with Gasteiger partial charge in [-0.15, -0.1) is 0 Å². The number of aromatic nitrogens is 2. The van der Waals surface area contributed by atoms with Crippen molar-refractivity contribution in [3.8, 4) is 17.2 Å². The Morgan fingerprint density at radius 1 is 1.10 bits per heavy atom. The molecule has 0 spiro atoms. The molecule has 1 aromatic heterocycles. The molecular weight excluding hydrogens is 541 g/mol. The molecule has 2 aliphatic rings. The smallest absolute Gasteiger partial charge is 0.251 e. The maximum Gasteiger partial charge on any atom is 0.251 e. The summed E-state index contributed by atoms with van der Waals surface area (Å²) in [5, 5.41) is 10.1. The first-order valence-electron chi connectivity index (χ1n) is 14.1. The van der Waals surface area contributed by atoms with Crippen molar-refractivity contribution < 1.29 is 28.2 Å². The molecule has 0 radical (unpaired) electrons. The lowest BCUT2D eigenvalue weighted by Crippen LogP contribution is -2.36. The Balaban J connectivity index is 1.52. The van der Waals surface area contributed by atoms with E-state index < -0.39 is 5.82 Å². The zero-order chi connectivity index (χ0) is 30.2. The largest absolute Gasteiger partial charge is 0.493 e. The minimum Gasteiger partial charge on any atom is -0.493 e. The van der Waals surface area contributed by atoms with Crippen molar-refractivity contribution in [2.45, 2.75) is 52.5 Å². The molecule has 0 fully saturated rings. The number of carbonyl (C=O) groups excluding carboxylic acids is 3. The van der Waals surface area contributed by atoms with Crippen LogP contribution in [0.25, 0.3) is 0 Å². The fraction of sp³-hybridized carbons (Fsp3) is 0.419. The molecule has 0 aliphatic carbocycles. The van der Waals surface area contributed by atoms with Crippen molar-refractivity contribution in [3.05, 3.63) is 70.3 Å². The lowest BCUT2D eigenvalue weighted by Gasteiger charge is -2.23. The normalized spacial score (nSPS) is 15.0. The van der Waals surface area contributed by atoms with Gasteiger partial charge in [0.25, 0.3) is 5.91 Å². The molecule has 224 valence electrons. The average molecular weight is 580 g/mol. The number of ether oxygens (including phenoxy) is 2. The van der Waals surface area contributed by atoms with E-state index in [4.69, 9.17) is 9.47 Å². The highest BCUT2D eigenvalue weighted by atomic mass is 19.1. The van der Waals surface area contributed by atoms with Crippen LogP contribution >= 0.6 is 0 Å². The molecule has 10 nitrogen and oxygen atoms in total. The molecule has 0 saturated heterocycles. The molecule has 2 N–H and O–H groups in total. The average Bonchev–Trinajstić information content (AvgIpc) is 3.21. The van der Waals surface area contributed by atoms with Crippen LogP contribution in [-0.4, -0.2) is 59.1 Å². The van der Waals surface area contributed by atoms with Gasteiger partial charge < -0.3 is 25.0 Å². The van der Waals surface area contributed by atoms with Gasteiger partial charge in [-0.25, -0.2) is 4.39 Å². The number of nitrogens with one attached hydrogen (secondary N) is 2. The first kappa shape index (κ1) is 30.5. The van der Waals surface area contributed by atoms with Gasteiger partial charge in [-0.3, -0.25) is 19.1 Å². The van der Waals surface area contributed by atoms with Crippen LogP contribution in [0.15, 0.2) is 36.4 Å². The summed E-state index contributed by atoms with van der Waals surface area (Å²) in [5.74, 6) is -0.274. The third-order valence-corrected chi connectivity index (χ3v) is 7.51. The zero-order valence-electron chi connectivity index (χ0n) is 24.6. The van der Waals surface area contributed by atoms with Crippen LogP contribution in [0, 0.1) is 19.7 Å². The molecule has 42 heavy (non-hydrogen) atoms. The lowest BCUT2D eigenvalue weighted by molar-refractivity contribution is -0.131. The van der Waals surface area contributed by atoms with Gasteiger partial charge in [0, 0.05) is 62.9 Å². The highest BCUT2D eigenvalue weighted by Crippen LogP contribution is 2.34. The van der Waals surface area contributed by atoms with Crippen molar-refractivity contribution in [2.24, 2.45) is 7.05 Å². The van der Waals surface area contributed by atoms with Gasteiger partial charge in [0.1, 0.15) is 11.6 Å². The van der Waals surface area contributed by atoms with E-state index in [9.17, 15) is 18.8 Å². The lowest BCUT2D eigenvalue weighted by atomic mass is 10.1. The van der Waals surface area contributed by atoms with E-state index in [0.717, 1.165) is 17.0 Å². The van der Waals surface area contributed by atoms with E-state index in [0.29, 0.717) is 62.4 Å². The van der Waals surface area contributed by atoms with E-state index in [2.05, 4.69) is 15.7 Å². The number of halogens is 1. The third-order valence-electron chi connectivity index (χ3n) is 7.51. The summed E-state index contributed by atoms with van der Waals surface area (Å²) in [4.78, 5) is 40.6. The van der Waals surface area contributed by atoms with Crippen LogP contribution in [0.5, 0.6) is 17.2 Å². The van der Waals surface area contributed by atoms with E-state index in [1.54, 1.807) is 29.2 Å². The monoisotopic (exact) mass is 579 g/mol. The summed E-state index contributed by atoms with van der Waals surface area (Å²) in [5.41, 5.74) is 3.56. The molecule has 0 saturated carbocycles. The van der Waals surface area contributed by atoms with Gasteiger partial charge in [-0.1, -0.05) is 6.07 Å². The van der Waals surface area contributed by atoms with Crippen molar-refractivity contribution in [2.75, 3.05) is 26.7 Å². The number of amides is 3. The molecule has 2 bridgehead atoms. The molecule has 2 aromatic carbocycles. The fourth-order valence-corrected chi connectivity index (χ4v) is 5.03. The van der Waals surface area contributed by atoms with Gasteiger partial charge in [-0.05, 0) is 69.0 Å². The number of hydrogen-bond donors (Lipinski definition) is 2. The van der Waals surface area contributed by atoms with Crippen LogP contribution in [0.1, 0.15) is 58.6 Å². The molecule has 3 aromatic rings. The molecule has 3 amide bonds. The van der Waals surface area contributed by atoms with Crippen LogP contribution in [0.4, 0.5) is 4.39 Å². The zero-order valence-corrected chi connectivity index (χ0v) is 24.6. The Kier molecular flexibility index (Phi) is 10.2. The van der Waals surface area contributed by atoms with E-state index in [-0.39, 0.29) is 42.0 Å². The topological polar surface area (TPSA) is 115 Å². The Bertz CT molecular complexity index is 1450. The van der Waals surface area contributed by atoms with Crippen LogP contribution in [0.2, 0.25) is 0 Å². The summed E-state index contributed by atoms with van der Waals surface area (Å²) >= 11 is 0. The first-order valence-corrected chi connectivity index (χ1v) is 14.1. The van der Waals surface area contributed by atoms with Crippen molar-refractivity contribution in [3.63, 3.8) is 0 Å².